The Bertz CT molecular complexity index is 732. The summed E-state index contributed by atoms with van der Waals surface area (Å²) in [6, 6.07) is 9.48. The number of ether oxygens (including phenoxy) is 2. The van der Waals surface area contributed by atoms with Crippen molar-refractivity contribution in [2.75, 3.05) is 44.7 Å². The van der Waals surface area contributed by atoms with Crippen LogP contribution in [0.1, 0.15) is 18.7 Å². The first kappa shape index (κ1) is 19.5. The number of anilines is 1. The van der Waals surface area contributed by atoms with E-state index >= 15 is 0 Å². The molecule has 27 heavy (non-hydrogen) atoms. The summed E-state index contributed by atoms with van der Waals surface area (Å²) in [6.07, 6.45) is 0. The summed E-state index contributed by atoms with van der Waals surface area (Å²) >= 11 is 1.67. The predicted octanol–water partition coefficient (Wildman–Crippen LogP) is 3.90. The molecule has 0 aliphatic carbocycles. The Morgan fingerprint density at radius 2 is 1.89 bits per heavy atom. The van der Waals surface area contributed by atoms with E-state index in [9.17, 15) is 4.79 Å². The number of nitrogens with zero attached hydrogens (tertiary/aromatic N) is 2. The van der Waals surface area contributed by atoms with Gasteiger partial charge in [-0.05, 0) is 36.7 Å². The highest BCUT2D eigenvalue weighted by molar-refractivity contribution is 7.09. The van der Waals surface area contributed by atoms with Gasteiger partial charge < -0.3 is 24.6 Å². The first-order chi connectivity index (χ1) is 13.2. The zero-order valence-corrected chi connectivity index (χ0v) is 16.8. The number of hydrogen-bond acceptors (Lipinski definition) is 5. The van der Waals surface area contributed by atoms with Crippen molar-refractivity contribution in [2.24, 2.45) is 0 Å². The summed E-state index contributed by atoms with van der Waals surface area (Å²) in [6.45, 7) is 9.46. The third kappa shape index (κ3) is 5.37. The average molecular weight is 390 g/mol. The lowest BCUT2D eigenvalue weighted by Gasteiger charge is -2.26. The number of nitrogens with one attached hydrogen (secondary N) is 1. The quantitative estimate of drug-likeness (QED) is 0.744. The molecule has 6 nitrogen and oxygen atoms in total. The van der Waals surface area contributed by atoms with Crippen molar-refractivity contribution in [3.05, 3.63) is 40.6 Å². The molecule has 1 aromatic carbocycles. The number of amides is 2. The first-order valence-corrected chi connectivity index (χ1v) is 10.3. The van der Waals surface area contributed by atoms with E-state index in [1.54, 1.807) is 11.3 Å². The van der Waals surface area contributed by atoms with Gasteiger partial charge in [-0.1, -0.05) is 19.9 Å². The summed E-state index contributed by atoms with van der Waals surface area (Å²) in [5.74, 6) is 1.39. The van der Waals surface area contributed by atoms with Crippen LogP contribution in [0.15, 0.2) is 35.7 Å². The largest absolute Gasteiger partial charge is 0.486 e. The lowest BCUT2D eigenvalue weighted by molar-refractivity contribution is 0.171. The van der Waals surface area contributed by atoms with Gasteiger partial charge in [0.05, 0.1) is 6.54 Å². The minimum absolute atomic E-state index is 0.104. The third-order valence-corrected chi connectivity index (χ3v) is 5.45. The molecule has 7 heteroatoms. The maximum Gasteiger partial charge on any atom is 0.322 e. The van der Waals surface area contributed by atoms with E-state index in [1.807, 2.05) is 34.5 Å². The molecule has 1 aliphatic heterocycles. The number of likely N-dealkylation sites (N-methyl/N-ethyl adjacent to an activating group) is 1. The van der Waals surface area contributed by atoms with Gasteiger partial charge in [0.25, 0.3) is 0 Å². The van der Waals surface area contributed by atoms with Gasteiger partial charge in [0, 0.05) is 29.7 Å². The fourth-order valence-electron chi connectivity index (χ4n) is 2.97. The molecular formula is C20H27N3O3S. The number of fused-ring (bicyclic) bond motifs is 1. The summed E-state index contributed by atoms with van der Waals surface area (Å²) in [5.41, 5.74) is 0.711. The van der Waals surface area contributed by atoms with Crippen molar-refractivity contribution >= 4 is 23.1 Å². The zero-order chi connectivity index (χ0) is 19.1. The molecule has 1 aliphatic rings. The molecule has 0 saturated carbocycles. The van der Waals surface area contributed by atoms with Crippen LogP contribution >= 0.6 is 11.3 Å². The van der Waals surface area contributed by atoms with Gasteiger partial charge in [-0.25, -0.2) is 4.79 Å². The van der Waals surface area contributed by atoms with Crippen LogP contribution < -0.4 is 14.8 Å². The maximum absolute atomic E-state index is 12.9. The van der Waals surface area contributed by atoms with Gasteiger partial charge in [0.15, 0.2) is 11.5 Å². The van der Waals surface area contributed by atoms with Crippen molar-refractivity contribution in [1.82, 2.24) is 9.80 Å². The number of hydrogen-bond donors (Lipinski definition) is 1. The second-order valence-corrected chi connectivity index (χ2v) is 7.35. The normalized spacial score (nSPS) is 12.9. The van der Waals surface area contributed by atoms with Gasteiger partial charge in [-0.2, -0.15) is 0 Å². The summed E-state index contributed by atoms with van der Waals surface area (Å²) in [4.78, 5) is 18.3. The number of thiophene rings is 1. The molecular weight excluding hydrogens is 362 g/mol. The zero-order valence-electron chi connectivity index (χ0n) is 15.9. The van der Waals surface area contributed by atoms with E-state index in [4.69, 9.17) is 9.47 Å². The van der Waals surface area contributed by atoms with E-state index in [0.29, 0.717) is 37.7 Å². The van der Waals surface area contributed by atoms with Gasteiger partial charge >= 0.3 is 6.03 Å². The van der Waals surface area contributed by atoms with Crippen LogP contribution in [0.2, 0.25) is 0 Å². The molecule has 1 N–H and O–H groups in total. The Labute approximate surface area is 164 Å². The molecule has 0 saturated heterocycles. The fourth-order valence-corrected chi connectivity index (χ4v) is 3.69. The molecule has 0 radical (unpaired) electrons. The number of carbonyl (C=O) groups excluding carboxylic acids is 1. The minimum atomic E-state index is -0.104. The van der Waals surface area contributed by atoms with Crippen LogP contribution in [0, 0.1) is 0 Å². The Kier molecular flexibility index (Phi) is 6.95. The monoisotopic (exact) mass is 389 g/mol. The summed E-state index contributed by atoms with van der Waals surface area (Å²) < 4.78 is 11.1. The molecule has 0 unspecified atom stereocenters. The van der Waals surface area contributed by atoms with E-state index in [0.717, 1.165) is 25.4 Å². The van der Waals surface area contributed by atoms with E-state index in [2.05, 4.69) is 30.1 Å². The van der Waals surface area contributed by atoms with Crippen LogP contribution in [0.5, 0.6) is 11.5 Å². The minimum Gasteiger partial charge on any atom is -0.486 e. The molecule has 2 aromatic rings. The second-order valence-electron chi connectivity index (χ2n) is 6.32. The van der Waals surface area contributed by atoms with Crippen molar-refractivity contribution in [3.63, 3.8) is 0 Å². The smallest absolute Gasteiger partial charge is 0.322 e. The van der Waals surface area contributed by atoms with Crippen molar-refractivity contribution in [1.29, 1.82) is 0 Å². The molecule has 2 amide bonds. The van der Waals surface area contributed by atoms with Gasteiger partial charge in [0.1, 0.15) is 13.2 Å². The highest BCUT2D eigenvalue weighted by atomic mass is 32.1. The Morgan fingerprint density at radius 1 is 1.11 bits per heavy atom. The topological polar surface area (TPSA) is 54.0 Å². The number of urea groups is 1. The van der Waals surface area contributed by atoms with Gasteiger partial charge in [-0.3, -0.25) is 0 Å². The van der Waals surface area contributed by atoms with Crippen molar-refractivity contribution in [3.8, 4) is 11.5 Å². The van der Waals surface area contributed by atoms with E-state index in [1.165, 1.54) is 4.88 Å². The van der Waals surface area contributed by atoms with E-state index < -0.39 is 0 Å². The van der Waals surface area contributed by atoms with Gasteiger partial charge in [-0.15, -0.1) is 11.3 Å². The standard InChI is InChI=1S/C20H27N3O3S/c1-3-22(4-2)9-10-23(15-17-6-5-13-27-17)20(24)21-16-7-8-18-19(14-16)26-12-11-25-18/h5-8,13-14H,3-4,9-12,15H2,1-2H3,(H,21,24). The van der Waals surface area contributed by atoms with Crippen molar-refractivity contribution in [2.45, 2.75) is 20.4 Å². The molecule has 0 spiro atoms. The van der Waals surface area contributed by atoms with Crippen LogP contribution in [0.4, 0.5) is 10.5 Å². The third-order valence-electron chi connectivity index (χ3n) is 4.59. The second kappa shape index (κ2) is 9.62. The summed E-state index contributed by atoms with van der Waals surface area (Å²) in [5, 5.41) is 5.04. The highest BCUT2D eigenvalue weighted by Gasteiger charge is 2.18. The number of benzene rings is 1. The molecule has 0 fully saturated rings. The lowest BCUT2D eigenvalue weighted by atomic mass is 10.2. The van der Waals surface area contributed by atoms with E-state index in [-0.39, 0.29) is 6.03 Å². The average Bonchev–Trinajstić information content (AvgIpc) is 3.21. The Morgan fingerprint density at radius 3 is 2.59 bits per heavy atom. The lowest BCUT2D eigenvalue weighted by Crippen LogP contribution is -2.40. The number of rotatable bonds is 8. The summed E-state index contributed by atoms with van der Waals surface area (Å²) in [7, 11) is 0. The fraction of sp³-hybridized carbons (Fsp3) is 0.450. The predicted molar refractivity (Wildman–Crippen MR) is 109 cm³/mol. The molecule has 1 aromatic heterocycles. The van der Waals surface area contributed by atoms with Crippen LogP contribution in [0.25, 0.3) is 0 Å². The molecule has 0 atom stereocenters. The molecule has 146 valence electrons. The SMILES string of the molecule is CCN(CC)CCN(Cc1cccs1)C(=O)Nc1ccc2c(c1)OCCO2. The first-order valence-electron chi connectivity index (χ1n) is 9.40. The van der Waals surface area contributed by atoms with Crippen LogP contribution in [-0.4, -0.2) is 55.2 Å². The molecule has 2 heterocycles. The molecule has 0 bridgehead atoms. The number of carbonyl (C=O) groups is 1. The van der Waals surface area contributed by atoms with Crippen LogP contribution in [0.3, 0.4) is 0 Å². The Hall–Kier alpha value is -2.25. The van der Waals surface area contributed by atoms with Crippen LogP contribution in [-0.2, 0) is 6.54 Å². The van der Waals surface area contributed by atoms with Crippen molar-refractivity contribution < 1.29 is 14.3 Å². The Balaban J connectivity index is 1.67. The maximum atomic E-state index is 12.9. The molecule has 3 rings (SSSR count). The highest BCUT2D eigenvalue weighted by Crippen LogP contribution is 2.32. The van der Waals surface area contributed by atoms with Gasteiger partial charge in [0.2, 0.25) is 0 Å².